The van der Waals surface area contributed by atoms with E-state index in [1.807, 2.05) is 13.8 Å². The van der Waals surface area contributed by atoms with Crippen LogP contribution in [0.5, 0.6) is 0 Å². The summed E-state index contributed by atoms with van der Waals surface area (Å²) < 4.78 is 5.35. The fourth-order valence-electron chi connectivity index (χ4n) is 1.42. The van der Waals surface area contributed by atoms with Crippen molar-refractivity contribution in [3.8, 4) is 0 Å². The third kappa shape index (κ3) is 2.20. The molecule has 0 radical (unpaired) electrons. The molecule has 1 unspecified atom stereocenters. The maximum Gasteiger partial charge on any atom is 0.255 e. The van der Waals surface area contributed by atoms with Gasteiger partial charge in [-0.25, -0.2) is 4.90 Å². The van der Waals surface area contributed by atoms with Crippen LogP contribution < -0.4 is 0 Å². The van der Waals surface area contributed by atoms with Gasteiger partial charge in [0.1, 0.15) is 6.23 Å². The monoisotopic (exact) mass is 197 g/mol. The van der Waals surface area contributed by atoms with Gasteiger partial charge in [-0.1, -0.05) is 13.3 Å². The molecule has 0 aliphatic carbocycles. The number of nitrogens with zero attached hydrogens (tertiary/aromatic N) is 1. The van der Waals surface area contributed by atoms with Crippen molar-refractivity contribution in [1.82, 2.24) is 4.90 Å². The first-order valence-electron chi connectivity index (χ1n) is 4.87. The fraction of sp³-hybridized carbons (Fsp3) is 0.600. The molecular weight excluding hydrogens is 182 g/mol. The number of carbonyl (C=O) groups excluding carboxylic acids is 2. The van der Waals surface area contributed by atoms with E-state index < -0.39 is 6.23 Å². The summed E-state index contributed by atoms with van der Waals surface area (Å²) >= 11 is 0. The zero-order valence-electron chi connectivity index (χ0n) is 8.53. The lowest BCUT2D eigenvalue weighted by atomic mass is 10.3. The van der Waals surface area contributed by atoms with Gasteiger partial charge in [-0.2, -0.15) is 0 Å². The van der Waals surface area contributed by atoms with Crippen molar-refractivity contribution in [2.45, 2.75) is 32.9 Å². The number of carbonyl (C=O) groups is 2. The van der Waals surface area contributed by atoms with Crippen molar-refractivity contribution in [1.29, 1.82) is 0 Å². The fourth-order valence-corrected chi connectivity index (χ4v) is 1.42. The first-order valence-corrected chi connectivity index (χ1v) is 4.87. The van der Waals surface area contributed by atoms with Gasteiger partial charge in [0.15, 0.2) is 0 Å². The molecule has 78 valence electrons. The highest BCUT2D eigenvalue weighted by Gasteiger charge is 2.30. The summed E-state index contributed by atoms with van der Waals surface area (Å²) in [5.41, 5.74) is 0. The average Bonchev–Trinajstić information content (AvgIpc) is 2.46. The second kappa shape index (κ2) is 4.91. The summed E-state index contributed by atoms with van der Waals surface area (Å²) in [5.74, 6) is -0.552. The molecular formula is C10H15NO3. The summed E-state index contributed by atoms with van der Waals surface area (Å²) in [4.78, 5) is 23.8. The van der Waals surface area contributed by atoms with Crippen molar-refractivity contribution < 1.29 is 14.3 Å². The third-order valence-corrected chi connectivity index (χ3v) is 2.03. The minimum absolute atomic E-state index is 0.276. The molecule has 0 aromatic heterocycles. The molecule has 0 aromatic carbocycles. The van der Waals surface area contributed by atoms with Gasteiger partial charge in [0.2, 0.25) is 0 Å². The van der Waals surface area contributed by atoms with Crippen LogP contribution >= 0.6 is 0 Å². The SMILES string of the molecule is CCCC(OCC)N1C(=O)C=CC1=O. The van der Waals surface area contributed by atoms with Gasteiger partial charge in [-0.15, -0.1) is 0 Å². The maximum atomic E-state index is 11.3. The summed E-state index contributed by atoms with van der Waals surface area (Å²) in [6.45, 7) is 4.34. The summed E-state index contributed by atoms with van der Waals surface area (Å²) in [6, 6.07) is 0. The molecule has 1 aliphatic rings. The summed E-state index contributed by atoms with van der Waals surface area (Å²) in [5, 5.41) is 0. The Hall–Kier alpha value is -1.16. The number of amides is 2. The van der Waals surface area contributed by atoms with Gasteiger partial charge < -0.3 is 4.74 Å². The predicted molar refractivity (Wildman–Crippen MR) is 51.3 cm³/mol. The number of rotatable bonds is 5. The highest BCUT2D eigenvalue weighted by molar-refractivity contribution is 6.13. The Morgan fingerprint density at radius 3 is 2.29 bits per heavy atom. The molecule has 0 aromatic rings. The molecule has 2 amide bonds. The first kappa shape index (κ1) is 10.9. The van der Waals surface area contributed by atoms with Crippen LogP contribution in [0.2, 0.25) is 0 Å². The van der Waals surface area contributed by atoms with Crippen LogP contribution in [0, 0.1) is 0 Å². The first-order chi connectivity index (χ1) is 6.70. The zero-order valence-corrected chi connectivity index (χ0v) is 8.53. The second-order valence-electron chi connectivity index (χ2n) is 3.08. The smallest absolute Gasteiger partial charge is 0.255 e. The molecule has 4 nitrogen and oxygen atoms in total. The predicted octanol–water partition coefficient (Wildman–Crippen LogP) is 1.07. The van der Waals surface area contributed by atoms with Crippen molar-refractivity contribution >= 4 is 11.8 Å². The molecule has 1 heterocycles. The molecule has 1 rings (SSSR count). The largest absolute Gasteiger partial charge is 0.358 e. The normalized spacial score (nSPS) is 18.0. The Morgan fingerprint density at radius 2 is 1.86 bits per heavy atom. The molecule has 0 saturated heterocycles. The Bertz CT molecular complexity index is 236. The lowest BCUT2D eigenvalue weighted by Gasteiger charge is -2.25. The van der Waals surface area contributed by atoms with E-state index in [-0.39, 0.29) is 11.8 Å². The lowest BCUT2D eigenvalue weighted by molar-refractivity contribution is -0.152. The van der Waals surface area contributed by atoms with Crippen LogP contribution in [0.25, 0.3) is 0 Å². The Morgan fingerprint density at radius 1 is 1.29 bits per heavy atom. The van der Waals surface area contributed by atoms with E-state index in [9.17, 15) is 9.59 Å². The highest BCUT2D eigenvalue weighted by Crippen LogP contribution is 2.14. The van der Waals surface area contributed by atoms with Crippen LogP contribution in [-0.2, 0) is 14.3 Å². The van der Waals surface area contributed by atoms with E-state index in [2.05, 4.69) is 0 Å². The van der Waals surface area contributed by atoms with Gasteiger partial charge in [0.25, 0.3) is 11.8 Å². The summed E-state index contributed by atoms with van der Waals surface area (Å²) in [7, 11) is 0. The van der Waals surface area contributed by atoms with Gasteiger partial charge >= 0.3 is 0 Å². The third-order valence-electron chi connectivity index (χ3n) is 2.03. The van der Waals surface area contributed by atoms with Gasteiger partial charge in [-0.05, 0) is 13.3 Å². The van der Waals surface area contributed by atoms with E-state index in [0.717, 1.165) is 6.42 Å². The highest BCUT2D eigenvalue weighted by atomic mass is 16.5. The van der Waals surface area contributed by atoms with E-state index in [1.54, 1.807) is 0 Å². The molecule has 0 fully saturated rings. The quantitative estimate of drug-likeness (QED) is 0.619. The van der Waals surface area contributed by atoms with E-state index in [0.29, 0.717) is 13.0 Å². The number of hydrogen-bond donors (Lipinski definition) is 0. The molecule has 0 spiro atoms. The van der Waals surface area contributed by atoms with Crippen molar-refractivity contribution in [3.63, 3.8) is 0 Å². The van der Waals surface area contributed by atoms with Crippen molar-refractivity contribution in [3.05, 3.63) is 12.2 Å². The van der Waals surface area contributed by atoms with Crippen LogP contribution in [0.3, 0.4) is 0 Å². The van der Waals surface area contributed by atoms with Crippen LogP contribution in [0.15, 0.2) is 12.2 Å². The van der Waals surface area contributed by atoms with Gasteiger partial charge in [0, 0.05) is 18.8 Å². The van der Waals surface area contributed by atoms with Gasteiger partial charge in [-0.3, -0.25) is 9.59 Å². The number of imide groups is 1. The van der Waals surface area contributed by atoms with E-state index >= 15 is 0 Å². The average molecular weight is 197 g/mol. The maximum absolute atomic E-state index is 11.3. The lowest BCUT2D eigenvalue weighted by Crippen LogP contribution is -2.41. The minimum Gasteiger partial charge on any atom is -0.358 e. The van der Waals surface area contributed by atoms with Crippen LogP contribution in [-0.4, -0.2) is 29.5 Å². The van der Waals surface area contributed by atoms with Crippen LogP contribution in [0.4, 0.5) is 0 Å². The molecule has 0 saturated carbocycles. The van der Waals surface area contributed by atoms with Crippen molar-refractivity contribution in [2.24, 2.45) is 0 Å². The zero-order chi connectivity index (χ0) is 10.6. The molecule has 1 atom stereocenters. The van der Waals surface area contributed by atoms with E-state index in [4.69, 9.17) is 4.74 Å². The van der Waals surface area contributed by atoms with Crippen molar-refractivity contribution in [2.75, 3.05) is 6.61 Å². The minimum atomic E-state index is -0.403. The topological polar surface area (TPSA) is 46.6 Å². The number of ether oxygens (including phenoxy) is 1. The van der Waals surface area contributed by atoms with E-state index in [1.165, 1.54) is 17.1 Å². The molecule has 4 heteroatoms. The standard InChI is InChI=1S/C10H15NO3/c1-3-5-10(14-4-2)11-8(12)6-7-9(11)13/h6-7,10H,3-5H2,1-2H3. The molecule has 14 heavy (non-hydrogen) atoms. The Balaban J connectivity index is 2.67. The second-order valence-corrected chi connectivity index (χ2v) is 3.08. The Kier molecular flexibility index (Phi) is 3.83. The molecule has 1 aliphatic heterocycles. The molecule has 0 N–H and O–H groups in total. The summed E-state index contributed by atoms with van der Waals surface area (Å²) in [6.07, 6.45) is 3.72. The van der Waals surface area contributed by atoms with Gasteiger partial charge in [0.05, 0.1) is 0 Å². The molecule has 0 bridgehead atoms. The Labute approximate surface area is 83.5 Å². The number of hydrogen-bond acceptors (Lipinski definition) is 3. The van der Waals surface area contributed by atoms with Crippen LogP contribution in [0.1, 0.15) is 26.7 Å².